The molecular formula is C17H21FN4O2. The van der Waals surface area contributed by atoms with Crippen molar-refractivity contribution in [3.8, 4) is 0 Å². The second-order valence-corrected chi connectivity index (χ2v) is 6.38. The number of carbonyl (C=O) groups is 1. The van der Waals surface area contributed by atoms with Gasteiger partial charge < -0.3 is 9.42 Å². The Morgan fingerprint density at radius 1 is 1.38 bits per heavy atom. The number of aromatic nitrogens is 3. The van der Waals surface area contributed by atoms with Gasteiger partial charge in [-0.25, -0.2) is 4.98 Å². The number of rotatable bonds is 3. The van der Waals surface area contributed by atoms with Crippen LogP contribution in [0.25, 0.3) is 0 Å². The van der Waals surface area contributed by atoms with Crippen LogP contribution in [0.4, 0.5) is 4.39 Å². The number of carbonyl (C=O) groups excluding carboxylic acids is 1. The molecule has 0 spiro atoms. The van der Waals surface area contributed by atoms with E-state index in [1.54, 1.807) is 4.90 Å². The van der Waals surface area contributed by atoms with E-state index in [-0.39, 0.29) is 17.9 Å². The average molecular weight is 332 g/mol. The summed E-state index contributed by atoms with van der Waals surface area (Å²) < 4.78 is 18.7. The minimum atomic E-state index is -0.658. The van der Waals surface area contributed by atoms with Crippen LogP contribution in [-0.2, 0) is 0 Å². The Morgan fingerprint density at radius 2 is 2.21 bits per heavy atom. The maximum Gasteiger partial charge on any atom is 0.254 e. The molecule has 6 nitrogen and oxygen atoms in total. The predicted octanol–water partition coefficient (Wildman–Crippen LogP) is 3.48. The van der Waals surface area contributed by atoms with Gasteiger partial charge in [0.1, 0.15) is 0 Å². The van der Waals surface area contributed by atoms with Gasteiger partial charge in [0.25, 0.3) is 5.91 Å². The topological polar surface area (TPSA) is 72.1 Å². The van der Waals surface area contributed by atoms with Crippen molar-refractivity contribution in [3.63, 3.8) is 0 Å². The Kier molecular flexibility index (Phi) is 4.87. The van der Waals surface area contributed by atoms with Crippen molar-refractivity contribution >= 4 is 5.91 Å². The lowest BCUT2D eigenvalue weighted by atomic mass is 10.1. The molecule has 0 saturated carbocycles. The lowest BCUT2D eigenvalue weighted by Crippen LogP contribution is -2.35. The van der Waals surface area contributed by atoms with Crippen molar-refractivity contribution in [2.24, 2.45) is 0 Å². The van der Waals surface area contributed by atoms with E-state index in [1.807, 2.05) is 13.8 Å². The van der Waals surface area contributed by atoms with Crippen molar-refractivity contribution in [1.82, 2.24) is 20.0 Å². The van der Waals surface area contributed by atoms with Crippen LogP contribution in [0.3, 0.4) is 0 Å². The fourth-order valence-corrected chi connectivity index (χ4v) is 2.94. The smallest absolute Gasteiger partial charge is 0.254 e. The fraction of sp³-hybridized carbons (Fsp3) is 0.529. The molecule has 128 valence electrons. The van der Waals surface area contributed by atoms with Crippen LogP contribution in [0.15, 0.2) is 22.9 Å². The molecule has 3 rings (SSSR count). The van der Waals surface area contributed by atoms with Gasteiger partial charge in [-0.05, 0) is 18.9 Å². The molecule has 2 aromatic rings. The van der Waals surface area contributed by atoms with E-state index in [9.17, 15) is 9.18 Å². The number of halogens is 1. The summed E-state index contributed by atoms with van der Waals surface area (Å²) in [4.78, 5) is 22.6. The van der Waals surface area contributed by atoms with E-state index in [2.05, 4.69) is 15.1 Å². The molecule has 0 bridgehead atoms. The Bertz CT molecular complexity index is 716. The molecule has 0 aliphatic carbocycles. The zero-order valence-corrected chi connectivity index (χ0v) is 13.9. The molecule has 1 unspecified atom stereocenters. The highest BCUT2D eigenvalue weighted by Gasteiger charge is 2.31. The van der Waals surface area contributed by atoms with E-state index in [4.69, 9.17) is 4.52 Å². The molecule has 1 amide bonds. The number of likely N-dealkylation sites (tertiary alicyclic amines) is 1. The third-order valence-corrected chi connectivity index (χ3v) is 4.24. The molecule has 1 aliphatic rings. The number of hydrogen-bond acceptors (Lipinski definition) is 5. The van der Waals surface area contributed by atoms with Gasteiger partial charge >= 0.3 is 0 Å². The second-order valence-electron chi connectivity index (χ2n) is 6.38. The molecule has 1 aliphatic heterocycles. The van der Waals surface area contributed by atoms with Crippen LogP contribution in [0.1, 0.15) is 73.6 Å². The Balaban J connectivity index is 1.90. The number of nitrogens with zero attached hydrogens (tertiary/aromatic N) is 4. The monoisotopic (exact) mass is 332 g/mol. The van der Waals surface area contributed by atoms with E-state index < -0.39 is 5.95 Å². The van der Waals surface area contributed by atoms with Gasteiger partial charge in [-0.15, -0.1) is 0 Å². The summed E-state index contributed by atoms with van der Waals surface area (Å²) in [5.41, 5.74) is 0.293. The van der Waals surface area contributed by atoms with Crippen LogP contribution in [0, 0.1) is 5.95 Å². The molecule has 0 radical (unpaired) electrons. The standard InChI is InChI=1S/C17H21FN4O2/c1-11(2)16-20-15(21-24-16)13-6-4-3-5-9-22(13)17(23)12-7-8-19-14(18)10-12/h7-8,10-11,13H,3-6,9H2,1-2H3. The molecule has 1 fully saturated rings. The molecule has 1 atom stereocenters. The summed E-state index contributed by atoms with van der Waals surface area (Å²) in [7, 11) is 0. The summed E-state index contributed by atoms with van der Waals surface area (Å²) in [5.74, 6) is 0.350. The van der Waals surface area contributed by atoms with Crippen molar-refractivity contribution in [3.05, 3.63) is 41.6 Å². The first-order valence-corrected chi connectivity index (χ1v) is 8.32. The van der Waals surface area contributed by atoms with Gasteiger partial charge in [-0.3, -0.25) is 4.79 Å². The average Bonchev–Trinajstić information content (AvgIpc) is 2.93. The summed E-state index contributed by atoms with van der Waals surface area (Å²) in [6, 6.07) is 2.45. The van der Waals surface area contributed by atoms with Gasteiger partial charge in [0.05, 0.1) is 6.04 Å². The van der Waals surface area contributed by atoms with Crippen LogP contribution in [-0.4, -0.2) is 32.5 Å². The maximum atomic E-state index is 13.4. The van der Waals surface area contributed by atoms with Gasteiger partial charge in [0.15, 0.2) is 5.82 Å². The highest BCUT2D eigenvalue weighted by molar-refractivity contribution is 5.94. The second kappa shape index (κ2) is 7.07. The van der Waals surface area contributed by atoms with Crippen LogP contribution >= 0.6 is 0 Å². The van der Waals surface area contributed by atoms with Crippen molar-refractivity contribution < 1.29 is 13.7 Å². The molecular weight excluding hydrogens is 311 g/mol. The lowest BCUT2D eigenvalue weighted by molar-refractivity contribution is 0.0669. The molecule has 3 heterocycles. The number of pyridine rings is 1. The van der Waals surface area contributed by atoms with E-state index in [1.165, 1.54) is 18.3 Å². The number of hydrogen-bond donors (Lipinski definition) is 0. The highest BCUT2D eigenvalue weighted by atomic mass is 19.1. The Labute approximate surface area is 140 Å². The van der Waals surface area contributed by atoms with Crippen LogP contribution < -0.4 is 0 Å². The van der Waals surface area contributed by atoms with E-state index in [0.717, 1.165) is 25.7 Å². The first kappa shape index (κ1) is 16.5. The largest absolute Gasteiger partial charge is 0.339 e. The Morgan fingerprint density at radius 3 is 2.92 bits per heavy atom. The minimum Gasteiger partial charge on any atom is -0.339 e. The predicted molar refractivity (Wildman–Crippen MR) is 84.8 cm³/mol. The summed E-state index contributed by atoms with van der Waals surface area (Å²) in [6.45, 7) is 4.55. The molecule has 7 heteroatoms. The van der Waals surface area contributed by atoms with Gasteiger partial charge in [-0.1, -0.05) is 31.8 Å². The fourth-order valence-electron chi connectivity index (χ4n) is 2.94. The highest BCUT2D eigenvalue weighted by Crippen LogP contribution is 2.30. The molecule has 0 N–H and O–H groups in total. The quantitative estimate of drug-likeness (QED) is 0.805. The van der Waals surface area contributed by atoms with Gasteiger partial charge in [0, 0.05) is 30.3 Å². The maximum absolute atomic E-state index is 13.4. The molecule has 1 saturated heterocycles. The normalized spacial score (nSPS) is 18.7. The van der Waals surface area contributed by atoms with Crippen molar-refractivity contribution in [2.75, 3.05) is 6.54 Å². The number of amides is 1. The van der Waals surface area contributed by atoms with Gasteiger partial charge in [0.2, 0.25) is 11.8 Å². The summed E-state index contributed by atoms with van der Waals surface area (Å²) in [6.07, 6.45) is 5.02. The van der Waals surface area contributed by atoms with Crippen molar-refractivity contribution in [2.45, 2.75) is 51.5 Å². The van der Waals surface area contributed by atoms with Crippen LogP contribution in [0.5, 0.6) is 0 Å². The summed E-state index contributed by atoms with van der Waals surface area (Å²) >= 11 is 0. The molecule has 2 aromatic heterocycles. The minimum absolute atomic E-state index is 0.135. The molecule has 24 heavy (non-hydrogen) atoms. The zero-order chi connectivity index (χ0) is 17.1. The lowest BCUT2D eigenvalue weighted by Gasteiger charge is -2.27. The third-order valence-electron chi connectivity index (χ3n) is 4.24. The van der Waals surface area contributed by atoms with Crippen molar-refractivity contribution in [1.29, 1.82) is 0 Å². The van der Waals surface area contributed by atoms with Gasteiger partial charge in [-0.2, -0.15) is 9.37 Å². The first-order chi connectivity index (χ1) is 11.6. The zero-order valence-electron chi connectivity index (χ0n) is 13.9. The first-order valence-electron chi connectivity index (χ1n) is 8.32. The molecule has 0 aromatic carbocycles. The SMILES string of the molecule is CC(C)c1nc(C2CCCCCN2C(=O)c2ccnc(F)c2)no1. The van der Waals surface area contributed by atoms with E-state index >= 15 is 0 Å². The van der Waals surface area contributed by atoms with Crippen LogP contribution in [0.2, 0.25) is 0 Å². The summed E-state index contributed by atoms with van der Waals surface area (Å²) in [5, 5.41) is 4.08. The van der Waals surface area contributed by atoms with E-state index in [0.29, 0.717) is 23.8 Å². The Hall–Kier alpha value is -2.31. The third kappa shape index (κ3) is 3.44.